The number of nitrogens with one attached hydrogen (secondary N) is 1. The number of H-pyrrole nitrogens is 1. The van der Waals surface area contributed by atoms with Gasteiger partial charge in [-0.15, -0.1) is 4.68 Å². The van der Waals surface area contributed by atoms with E-state index in [2.05, 4.69) is 10.1 Å². The molecule has 0 saturated heterocycles. The Morgan fingerprint density at radius 3 is 2.86 bits per heavy atom. The number of nitro groups is 1. The summed E-state index contributed by atoms with van der Waals surface area (Å²) >= 11 is 0. The summed E-state index contributed by atoms with van der Waals surface area (Å²) in [5.41, 5.74) is 3.31. The van der Waals surface area contributed by atoms with Gasteiger partial charge in [-0.3, -0.25) is 9.69 Å². The zero-order chi connectivity index (χ0) is 19.3. The zero-order valence-electron chi connectivity index (χ0n) is 14.7. The number of rotatable bonds is 3. The lowest BCUT2D eigenvalue weighted by atomic mass is 9.99. The Labute approximate surface area is 159 Å². The molecule has 0 bridgehead atoms. The summed E-state index contributed by atoms with van der Waals surface area (Å²) in [6.07, 6.45) is 4.02. The number of anilines is 1. The second-order valence-corrected chi connectivity index (χ2v) is 6.65. The van der Waals surface area contributed by atoms with Gasteiger partial charge in [0, 0.05) is 23.8 Å². The third-order valence-corrected chi connectivity index (χ3v) is 5.04. The van der Waals surface area contributed by atoms with Crippen LogP contribution in [0.4, 0.5) is 11.5 Å². The number of carbonyl (C=O) groups excluding carboxylic acids is 1. The van der Waals surface area contributed by atoms with Gasteiger partial charge in [0.1, 0.15) is 0 Å². The van der Waals surface area contributed by atoms with Crippen molar-refractivity contribution in [3.63, 3.8) is 0 Å². The molecule has 5 rings (SSSR count). The van der Waals surface area contributed by atoms with Gasteiger partial charge in [0.25, 0.3) is 5.91 Å². The molecule has 1 aliphatic rings. The Morgan fingerprint density at radius 2 is 2.00 bits per heavy atom. The van der Waals surface area contributed by atoms with Crippen LogP contribution in [0.3, 0.4) is 0 Å². The summed E-state index contributed by atoms with van der Waals surface area (Å²) in [7, 11) is 0. The molecule has 4 aromatic rings. The Morgan fingerprint density at radius 1 is 1.14 bits per heavy atom. The SMILES string of the molecule is O=C1c2ccccc2CCN1c1cn(-c2ccc3cc[nH]c3c2)nc1[N+](=O)[O-]. The highest BCUT2D eigenvalue weighted by Gasteiger charge is 2.33. The average molecular weight is 373 g/mol. The quantitative estimate of drug-likeness (QED) is 0.439. The zero-order valence-corrected chi connectivity index (χ0v) is 14.7. The first-order valence-corrected chi connectivity index (χ1v) is 8.83. The summed E-state index contributed by atoms with van der Waals surface area (Å²) in [6, 6.07) is 14.9. The van der Waals surface area contributed by atoms with Crippen LogP contribution in [0.1, 0.15) is 15.9 Å². The van der Waals surface area contributed by atoms with Gasteiger partial charge in [-0.1, -0.05) is 24.3 Å². The van der Waals surface area contributed by atoms with E-state index in [1.807, 2.05) is 42.6 Å². The number of carbonyl (C=O) groups is 1. The maximum atomic E-state index is 12.9. The van der Waals surface area contributed by atoms with E-state index in [1.54, 1.807) is 18.3 Å². The Balaban J connectivity index is 1.60. The third-order valence-electron chi connectivity index (χ3n) is 5.04. The number of hydrogen-bond donors (Lipinski definition) is 1. The molecular weight excluding hydrogens is 358 g/mol. The fourth-order valence-corrected chi connectivity index (χ4v) is 3.64. The molecule has 28 heavy (non-hydrogen) atoms. The predicted molar refractivity (Wildman–Crippen MR) is 104 cm³/mol. The molecule has 0 fully saturated rings. The molecule has 3 heterocycles. The molecule has 1 amide bonds. The van der Waals surface area contributed by atoms with Gasteiger partial charge in [0.05, 0.1) is 17.0 Å². The topological polar surface area (TPSA) is 97.1 Å². The van der Waals surface area contributed by atoms with E-state index in [4.69, 9.17) is 0 Å². The summed E-state index contributed by atoms with van der Waals surface area (Å²) in [5.74, 6) is -0.580. The number of aromatic nitrogens is 3. The highest BCUT2D eigenvalue weighted by atomic mass is 16.6. The smallest absolute Gasteiger partial charge is 0.361 e. The first kappa shape index (κ1) is 16.2. The van der Waals surface area contributed by atoms with E-state index >= 15 is 0 Å². The van der Waals surface area contributed by atoms with Gasteiger partial charge < -0.3 is 15.1 Å². The van der Waals surface area contributed by atoms with Crippen LogP contribution in [-0.2, 0) is 6.42 Å². The highest BCUT2D eigenvalue weighted by Crippen LogP contribution is 2.32. The predicted octanol–water partition coefficient (Wildman–Crippen LogP) is 3.46. The number of amides is 1. The van der Waals surface area contributed by atoms with Crippen molar-refractivity contribution < 1.29 is 9.72 Å². The molecule has 2 aromatic heterocycles. The van der Waals surface area contributed by atoms with E-state index < -0.39 is 4.92 Å². The molecule has 0 atom stereocenters. The van der Waals surface area contributed by atoms with E-state index in [0.29, 0.717) is 24.2 Å². The maximum absolute atomic E-state index is 12.9. The van der Waals surface area contributed by atoms with Crippen molar-refractivity contribution in [2.24, 2.45) is 0 Å². The standard InChI is InChI=1S/C20H15N5O3/c26-20-16-4-2-1-3-13(16)8-10-23(20)18-12-24(22-19(18)25(27)28)15-6-5-14-7-9-21-17(14)11-15/h1-7,9,11-12,21H,8,10H2. The minimum atomic E-state index is -0.549. The van der Waals surface area contributed by atoms with Crippen LogP contribution in [0.5, 0.6) is 0 Å². The van der Waals surface area contributed by atoms with Crippen molar-refractivity contribution >= 4 is 28.3 Å². The van der Waals surface area contributed by atoms with Crippen LogP contribution in [0.25, 0.3) is 16.6 Å². The minimum Gasteiger partial charge on any atom is -0.361 e. The molecule has 0 radical (unpaired) electrons. The molecule has 0 spiro atoms. The minimum absolute atomic E-state index is 0.205. The number of benzene rings is 2. The van der Waals surface area contributed by atoms with Gasteiger partial charge in [0.15, 0.2) is 5.69 Å². The lowest BCUT2D eigenvalue weighted by molar-refractivity contribution is -0.388. The molecule has 0 saturated carbocycles. The van der Waals surface area contributed by atoms with Crippen LogP contribution in [0, 0.1) is 10.1 Å². The Bertz CT molecular complexity index is 1240. The first-order chi connectivity index (χ1) is 13.6. The van der Waals surface area contributed by atoms with Crippen molar-refractivity contribution in [3.8, 4) is 5.69 Å². The largest absolute Gasteiger partial charge is 0.414 e. The second kappa shape index (κ2) is 6.05. The third kappa shape index (κ3) is 2.46. The fourth-order valence-electron chi connectivity index (χ4n) is 3.64. The van der Waals surface area contributed by atoms with Crippen molar-refractivity contribution in [1.29, 1.82) is 0 Å². The number of fused-ring (bicyclic) bond motifs is 2. The molecule has 0 unspecified atom stereocenters. The van der Waals surface area contributed by atoms with Gasteiger partial charge >= 0.3 is 5.82 Å². The Hall–Kier alpha value is -3.94. The molecule has 8 nitrogen and oxygen atoms in total. The number of aromatic amines is 1. The van der Waals surface area contributed by atoms with E-state index in [0.717, 1.165) is 16.5 Å². The molecule has 138 valence electrons. The van der Waals surface area contributed by atoms with Crippen LogP contribution in [0.15, 0.2) is 60.9 Å². The van der Waals surface area contributed by atoms with Crippen molar-refractivity contribution in [2.45, 2.75) is 6.42 Å². The second-order valence-electron chi connectivity index (χ2n) is 6.65. The fraction of sp³-hybridized carbons (Fsp3) is 0.100. The van der Waals surface area contributed by atoms with Crippen LogP contribution < -0.4 is 4.90 Å². The van der Waals surface area contributed by atoms with Gasteiger partial charge in [0.2, 0.25) is 0 Å². The van der Waals surface area contributed by atoms with Gasteiger partial charge in [-0.05, 0) is 46.6 Å². The highest BCUT2D eigenvalue weighted by molar-refractivity contribution is 6.09. The van der Waals surface area contributed by atoms with Crippen molar-refractivity contribution in [3.05, 3.63) is 82.2 Å². The van der Waals surface area contributed by atoms with E-state index in [-0.39, 0.29) is 17.4 Å². The molecule has 8 heteroatoms. The molecule has 1 N–H and O–H groups in total. The molecule has 2 aromatic carbocycles. The summed E-state index contributed by atoms with van der Waals surface area (Å²) < 4.78 is 1.45. The van der Waals surface area contributed by atoms with Crippen molar-refractivity contribution in [2.75, 3.05) is 11.4 Å². The maximum Gasteiger partial charge on any atom is 0.414 e. The average Bonchev–Trinajstić information content (AvgIpc) is 3.35. The normalized spacial score (nSPS) is 13.7. The molecular formula is C20H15N5O3. The summed E-state index contributed by atoms with van der Waals surface area (Å²) in [6.45, 7) is 0.373. The monoisotopic (exact) mass is 373 g/mol. The van der Waals surface area contributed by atoms with Crippen LogP contribution >= 0.6 is 0 Å². The van der Waals surface area contributed by atoms with Crippen LogP contribution in [-0.4, -0.2) is 32.1 Å². The summed E-state index contributed by atoms with van der Waals surface area (Å²) in [4.78, 5) is 28.6. The number of nitrogens with zero attached hydrogens (tertiary/aromatic N) is 4. The lowest BCUT2D eigenvalue weighted by Gasteiger charge is -2.26. The van der Waals surface area contributed by atoms with E-state index in [9.17, 15) is 14.9 Å². The van der Waals surface area contributed by atoms with Crippen molar-refractivity contribution in [1.82, 2.24) is 14.8 Å². The molecule has 1 aliphatic heterocycles. The Kier molecular flexibility index (Phi) is 3.51. The van der Waals surface area contributed by atoms with Gasteiger partial charge in [-0.2, -0.15) is 0 Å². The number of hydrogen-bond acceptors (Lipinski definition) is 4. The van der Waals surface area contributed by atoms with Gasteiger partial charge in [-0.25, -0.2) is 0 Å². The first-order valence-electron chi connectivity index (χ1n) is 8.83. The molecule has 0 aliphatic carbocycles. The lowest BCUT2D eigenvalue weighted by Crippen LogP contribution is -2.37. The van der Waals surface area contributed by atoms with Crippen LogP contribution in [0.2, 0.25) is 0 Å². The summed E-state index contributed by atoms with van der Waals surface area (Å²) in [5, 5.41) is 16.8. The van der Waals surface area contributed by atoms with E-state index in [1.165, 1.54) is 9.58 Å².